The number of amides is 1. The summed E-state index contributed by atoms with van der Waals surface area (Å²) in [5.41, 5.74) is 1.08. The first kappa shape index (κ1) is 16.8. The number of benzene rings is 1. The van der Waals surface area contributed by atoms with Crippen molar-refractivity contribution in [1.29, 1.82) is 0 Å². The number of nitrogens with zero attached hydrogens (tertiary/aromatic N) is 2. The number of nitrogens with one attached hydrogen (secondary N) is 2. The number of carbonyl (C=O) groups excluding carboxylic acids is 1. The Balaban J connectivity index is 2.59. The van der Waals surface area contributed by atoms with Gasteiger partial charge in [-0.15, -0.1) is 0 Å². The normalized spacial score (nSPS) is 11.0. The Morgan fingerprint density at radius 2 is 1.90 bits per heavy atom. The Bertz CT molecular complexity index is 469. The van der Waals surface area contributed by atoms with Gasteiger partial charge >= 0.3 is 0 Å². The van der Waals surface area contributed by atoms with E-state index in [0.717, 1.165) is 17.9 Å². The molecule has 2 N–H and O–H groups in total. The molecule has 116 valence electrons. The Kier molecular flexibility index (Phi) is 7.08. The van der Waals surface area contributed by atoms with Crippen molar-refractivity contribution < 1.29 is 9.53 Å². The lowest BCUT2D eigenvalue weighted by atomic mass is 10.2. The van der Waals surface area contributed by atoms with E-state index in [2.05, 4.69) is 15.6 Å². The molecule has 6 nitrogen and oxygen atoms in total. The fourth-order valence-electron chi connectivity index (χ4n) is 1.56. The van der Waals surface area contributed by atoms with Gasteiger partial charge < -0.3 is 20.3 Å². The Morgan fingerprint density at radius 3 is 2.43 bits per heavy atom. The van der Waals surface area contributed by atoms with Crippen molar-refractivity contribution in [2.45, 2.75) is 13.5 Å². The summed E-state index contributed by atoms with van der Waals surface area (Å²) < 4.78 is 5.12. The van der Waals surface area contributed by atoms with Crippen molar-refractivity contribution >= 4 is 11.9 Å². The second-order valence-corrected chi connectivity index (χ2v) is 4.68. The zero-order valence-corrected chi connectivity index (χ0v) is 13.1. The van der Waals surface area contributed by atoms with Crippen LogP contribution in [0.2, 0.25) is 0 Å². The highest BCUT2D eigenvalue weighted by molar-refractivity contribution is 5.86. The molecule has 0 saturated heterocycles. The molecule has 1 aromatic carbocycles. The summed E-state index contributed by atoms with van der Waals surface area (Å²) in [6, 6.07) is 7.75. The van der Waals surface area contributed by atoms with Crippen molar-refractivity contribution in [3.05, 3.63) is 29.8 Å². The summed E-state index contributed by atoms with van der Waals surface area (Å²) in [6.45, 7) is 3.49. The first-order valence-corrected chi connectivity index (χ1v) is 6.92. The molecule has 0 atom stereocenters. The van der Waals surface area contributed by atoms with Crippen molar-refractivity contribution in [2.24, 2.45) is 4.99 Å². The second-order valence-electron chi connectivity index (χ2n) is 4.68. The van der Waals surface area contributed by atoms with E-state index in [0.29, 0.717) is 12.5 Å². The fraction of sp³-hybridized carbons (Fsp3) is 0.467. The molecule has 0 saturated carbocycles. The average Bonchev–Trinajstić information content (AvgIpc) is 2.50. The number of likely N-dealkylation sites (N-methyl/N-ethyl adjacent to an activating group) is 1. The number of carbonyl (C=O) groups is 1. The molecule has 1 aromatic rings. The van der Waals surface area contributed by atoms with Crippen LogP contribution in [0, 0.1) is 0 Å². The minimum Gasteiger partial charge on any atom is -0.497 e. The molecule has 1 amide bonds. The first-order valence-electron chi connectivity index (χ1n) is 6.92. The van der Waals surface area contributed by atoms with E-state index >= 15 is 0 Å². The molecule has 0 radical (unpaired) electrons. The van der Waals surface area contributed by atoms with E-state index in [1.165, 1.54) is 0 Å². The van der Waals surface area contributed by atoms with Crippen molar-refractivity contribution in [2.75, 3.05) is 34.3 Å². The standard InChI is InChI=1S/C15H24N4O2/c1-5-16-15(18-11-14(20)19(2)3)17-10-12-6-8-13(21-4)9-7-12/h6-9H,5,10-11H2,1-4H3,(H2,16,17,18). The Hall–Kier alpha value is -2.24. The quantitative estimate of drug-likeness (QED) is 0.602. The monoisotopic (exact) mass is 292 g/mol. The van der Waals surface area contributed by atoms with Crippen molar-refractivity contribution in [1.82, 2.24) is 15.5 Å². The topological polar surface area (TPSA) is 66.0 Å². The molecule has 0 fully saturated rings. The SMILES string of the molecule is CCNC(=NCc1ccc(OC)cc1)NCC(=O)N(C)C. The molecule has 0 aliphatic rings. The molecular weight excluding hydrogens is 268 g/mol. The van der Waals surface area contributed by atoms with Gasteiger partial charge in [-0.3, -0.25) is 4.79 Å². The van der Waals surface area contributed by atoms with Gasteiger partial charge in [-0.25, -0.2) is 4.99 Å². The van der Waals surface area contributed by atoms with Gasteiger partial charge in [-0.05, 0) is 24.6 Å². The number of hydrogen-bond donors (Lipinski definition) is 2. The van der Waals surface area contributed by atoms with Crippen LogP contribution in [-0.4, -0.2) is 51.1 Å². The number of hydrogen-bond acceptors (Lipinski definition) is 3. The van der Waals surface area contributed by atoms with Crippen LogP contribution in [0.1, 0.15) is 12.5 Å². The van der Waals surface area contributed by atoms with Crippen LogP contribution in [0.3, 0.4) is 0 Å². The second kappa shape index (κ2) is 8.84. The number of rotatable bonds is 6. The van der Waals surface area contributed by atoms with E-state index in [-0.39, 0.29) is 12.5 Å². The highest BCUT2D eigenvalue weighted by Crippen LogP contribution is 2.11. The Morgan fingerprint density at radius 1 is 1.24 bits per heavy atom. The minimum atomic E-state index is 0.00468. The van der Waals surface area contributed by atoms with Crippen LogP contribution in [0.25, 0.3) is 0 Å². The lowest BCUT2D eigenvalue weighted by molar-refractivity contribution is -0.127. The van der Waals surface area contributed by atoms with E-state index in [1.807, 2.05) is 31.2 Å². The number of aliphatic imine (C=N–C) groups is 1. The maximum Gasteiger partial charge on any atom is 0.241 e. The van der Waals surface area contributed by atoms with Gasteiger partial charge in [-0.2, -0.15) is 0 Å². The smallest absolute Gasteiger partial charge is 0.241 e. The molecule has 0 bridgehead atoms. The lowest BCUT2D eigenvalue weighted by Gasteiger charge is -2.14. The van der Waals surface area contributed by atoms with Crippen LogP contribution in [0.4, 0.5) is 0 Å². The number of guanidine groups is 1. The Labute approximate surface area is 126 Å². The third kappa shape index (κ3) is 6.16. The van der Waals surface area contributed by atoms with E-state index in [4.69, 9.17) is 4.74 Å². The average molecular weight is 292 g/mol. The maximum absolute atomic E-state index is 11.6. The lowest BCUT2D eigenvalue weighted by Crippen LogP contribution is -2.42. The molecule has 0 spiro atoms. The third-order valence-electron chi connectivity index (χ3n) is 2.83. The number of ether oxygens (including phenoxy) is 1. The molecule has 0 unspecified atom stereocenters. The zero-order valence-electron chi connectivity index (χ0n) is 13.1. The van der Waals surface area contributed by atoms with E-state index in [1.54, 1.807) is 26.1 Å². The molecule has 0 aliphatic heterocycles. The number of methoxy groups -OCH3 is 1. The summed E-state index contributed by atoms with van der Waals surface area (Å²) in [6.07, 6.45) is 0. The van der Waals surface area contributed by atoms with Gasteiger partial charge in [0.1, 0.15) is 5.75 Å². The largest absolute Gasteiger partial charge is 0.497 e. The summed E-state index contributed by atoms with van der Waals surface area (Å²) in [4.78, 5) is 17.6. The van der Waals surface area contributed by atoms with Gasteiger partial charge in [0.05, 0.1) is 20.2 Å². The summed E-state index contributed by atoms with van der Waals surface area (Å²) in [5, 5.41) is 6.13. The summed E-state index contributed by atoms with van der Waals surface area (Å²) >= 11 is 0. The molecule has 6 heteroatoms. The molecule has 0 heterocycles. The van der Waals surface area contributed by atoms with Gasteiger partial charge in [0.25, 0.3) is 0 Å². The van der Waals surface area contributed by atoms with Crippen LogP contribution >= 0.6 is 0 Å². The predicted molar refractivity (Wildman–Crippen MR) is 84.5 cm³/mol. The molecule has 21 heavy (non-hydrogen) atoms. The van der Waals surface area contributed by atoms with Crippen LogP contribution in [0.15, 0.2) is 29.3 Å². The van der Waals surface area contributed by atoms with Crippen LogP contribution in [0.5, 0.6) is 5.75 Å². The zero-order chi connectivity index (χ0) is 15.7. The summed E-state index contributed by atoms with van der Waals surface area (Å²) in [5.74, 6) is 1.46. The van der Waals surface area contributed by atoms with E-state index < -0.39 is 0 Å². The first-order chi connectivity index (χ1) is 10.1. The fourth-order valence-corrected chi connectivity index (χ4v) is 1.56. The van der Waals surface area contributed by atoms with Gasteiger partial charge in [0.15, 0.2) is 5.96 Å². The molecule has 0 aliphatic carbocycles. The van der Waals surface area contributed by atoms with Gasteiger partial charge in [0.2, 0.25) is 5.91 Å². The van der Waals surface area contributed by atoms with Crippen molar-refractivity contribution in [3.63, 3.8) is 0 Å². The van der Waals surface area contributed by atoms with Crippen LogP contribution < -0.4 is 15.4 Å². The summed E-state index contributed by atoms with van der Waals surface area (Å²) in [7, 11) is 5.10. The van der Waals surface area contributed by atoms with E-state index in [9.17, 15) is 4.79 Å². The molecular formula is C15H24N4O2. The van der Waals surface area contributed by atoms with Crippen LogP contribution in [-0.2, 0) is 11.3 Å². The van der Waals surface area contributed by atoms with Crippen molar-refractivity contribution in [3.8, 4) is 5.75 Å². The predicted octanol–water partition coefficient (Wildman–Crippen LogP) is 0.839. The molecule has 1 rings (SSSR count). The molecule has 0 aromatic heterocycles. The maximum atomic E-state index is 11.6. The van der Waals surface area contributed by atoms with Gasteiger partial charge in [0, 0.05) is 20.6 Å². The highest BCUT2D eigenvalue weighted by Gasteiger charge is 2.05. The minimum absolute atomic E-state index is 0.00468. The highest BCUT2D eigenvalue weighted by atomic mass is 16.5. The third-order valence-corrected chi connectivity index (χ3v) is 2.83. The van der Waals surface area contributed by atoms with Gasteiger partial charge in [-0.1, -0.05) is 12.1 Å².